The van der Waals surface area contributed by atoms with Crippen molar-refractivity contribution in [2.45, 2.75) is 32.9 Å². The zero-order valence-corrected chi connectivity index (χ0v) is 21.8. The fourth-order valence-corrected chi connectivity index (χ4v) is 3.55. The van der Waals surface area contributed by atoms with E-state index in [4.69, 9.17) is 19.9 Å². The number of nitrogens with two attached hydrogens (primary N) is 1. The normalized spacial score (nSPS) is 10.8. The molecule has 3 rings (SSSR count). The van der Waals surface area contributed by atoms with Crippen LogP contribution in [0.1, 0.15) is 31.9 Å². The zero-order chi connectivity index (χ0) is 27.7. The SMILES string of the molecule is COCOc1ccccc1-c1cc(-c2cccc(CNC(=O)CNC(=O)OC(C)(C)C)c2)c(C#N)c(N)n1. The molecule has 0 bridgehead atoms. The number of ether oxygens (including phenoxy) is 3. The average Bonchev–Trinajstić information content (AvgIpc) is 2.88. The highest BCUT2D eigenvalue weighted by Crippen LogP contribution is 2.35. The molecule has 10 heteroatoms. The molecule has 198 valence electrons. The van der Waals surface area contributed by atoms with E-state index in [-0.39, 0.29) is 37.2 Å². The number of carbonyl (C=O) groups is 2. The van der Waals surface area contributed by atoms with Crippen molar-refractivity contribution >= 4 is 17.8 Å². The Morgan fingerprint density at radius 2 is 1.82 bits per heavy atom. The van der Waals surface area contributed by atoms with Crippen molar-refractivity contribution < 1.29 is 23.8 Å². The smallest absolute Gasteiger partial charge is 0.408 e. The van der Waals surface area contributed by atoms with E-state index in [0.29, 0.717) is 22.6 Å². The number of alkyl carbamates (subject to hydrolysis) is 1. The van der Waals surface area contributed by atoms with Crippen molar-refractivity contribution in [2.24, 2.45) is 0 Å². The first-order valence-electron chi connectivity index (χ1n) is 11.9. The lowest BCUT2D eigenvalue weighted by Crippen LogP contribution is -2.39. The molecular weight excluding hydrogens is 486 g/mol. The van der Waals surface area contributed by atoms with Crippen LogP contribution in [-0.2, 0) is 20.8 Å². The minimum Gasteiger partial charge on any atom is -0.467 e. The van der Waals surface area contributed by atoms with Gasteiger partial charge in [-0.1, -0.05) is 30.3 Å². The van der Waals surface area contributed by atoms with Crippen molar-refractivity contribution in [2.75, 3.05) is 26.2 Å². The van der Waals surface area contributed by atoms with E-state index in [2.05, 4.69) is 21.7 Å². The molecule has 0 saturated heterocycles. The van der Waals surface area contributed by atoms with E-state index in [1.54, 1.807) is 32.9 Å². The number of nitrogens with zero attached hydrogens (tertiary/aromatic N) is 2. The Hall–Kier alpha value is -4.62. The molecule has 38 heavy (non-hydrogen) atoms. The molecule has 0 spiro atoms. The third-order valence-corrected chi connectivity index (χ3v) is 5.17. The number of nitrogens with one attached hydrogen (secondary N) is 2. The third-order valence-electron chi connectivity index (χ3n) is 5.17. The average molecular weight is 518 g/mol. The topological polar surface area (TPSA) is 149 Å². The number of para-hydroxylation sites is 1. The van der Waals surface area contributed by atoms with Crippen LogP contribution >= 0.6 is 0 Å². The summed E-state index contributed by atoms with van der Waals surface area (Å²) in [5.74, 6) is 0.281. The fraction of sp³-hybridized carbons (Fsp3) is 0.286. The van der Waals surface area contributed by atoms with Crippen LogP contribution in [0, 0.1) is 11.3 Å². The van der Waals surface area contributed by atoms with Gasteiger partial charge in [0.2, 0.25) is 5.91 Å². The molecule has 1 heterocycles. The molecule has 0 saturated carbocycles. The van der Waals surface area contributed by atoms with Gasteiger partial charge < -0.3 is 30.6 Å². The van der Waals surface area contributed by atoms with Crippen molar-refractivity contribution in [1.29, 1.82) is 5.26 Å². The molecule has 3 aromatic rings. The minimum atomic E-state index is -0.668. The quantitative estimate of drug-likeness (QED) is 0.361. The van der Waals surface area contributed by atoms with Gasteiger partial charge in [0, 0.05) is 24.8 Å². The molecule has 4 N–H and O–H groups in total. The molecule has 0 atom stereocenters. The number of hydrogen-bond acceptors (Lipinski definition) is 8. The number of methoxy groups -OCH3 is 1. The Labute approximate surface area is 221 Å². The summed E-state index contributed by atoms with van der Waals surface area (Å²) in [6, 6.07) is 18.6. The number of anilines is 1. The second-order valence-corrected chi connectivity index (χ2v) is 9.31. The Kier molecular flexibility index (Phi) is 9.24. The summed E-state index contributed by atoms with van der Waals surface area (Å²) in [4.78, 5) is 28.4. The van der Waals surface area contributed by atoms with E-state index >= 15 is 0 Å². The first-order chi connectivity index (χ1) is 18.1. The number of rotatable bonds is 9. The Balaban J connectivity index is 1.81. The summed E-state index contributed by atoms with van der Waals surface area (Å²) in [5.41, 5.74) is 9.12. The number of amides is 2. The molecule has 0 aliphatic rings. The summed E-state index contributed by atoms with van der Waals surface area (Å²) in [6.45, 7) is 5.28. The molecule has 0 unspecified atom stereocenters. The van der Waals surface area contributed by atoms with Gasteiger partial charge in [0.25, 0.3) is 0 Å². The number of nitrogen functional groups attached to an aromatic ring is 1. The second kappa shape index (κ2) is 12.6. The van der Waals surface area contributed by atoms with Gasteiger partial charge in [0.05, 0.1) is 5.69 Å². The fourth-order valence-electron chi connectivity index (χ4n) is 3.55. The molecule has 0 fully saturated rings. The summed E-state index contributed by atoms with van der Waals surface area (Å²) < 4.78 is 15.8. The molecule has 1 aromatic heterocycles. The second-order valence-electron chi connectivity index (χ2n) is 9.31. The van der Waals surface area contributed by atoms with Gasteiger partial charge in [0.1, 0.15) is 35.3 Å². The maximum atomic E-state index is 12.2. The van der Waals surface area contributed by atoms with Crippen molar-refractivity contribution in [1.82, 2.24) is 15.6 Å². The molecule has 0 radical (unpaired) electrons. The van der Waals surface area contributed by atoms with Crippen LogP contribution in [-0.4, -0.2) is 43.0 Å². The number of nitriles is 1. The highest BCUT2D eigenvalue weighted by molar-refractivity contribution is 5.83. The van der Waals surface area contributed by atoms with Crippen LogP contribution in [0.3, 0.4) is 0 Å². The van der Waals surface area contributed by atoms with E-state index in [9.17, 15) is 14.9 Å². The summed E-state index contributed by atoms with van der Waals surface area (Å²) >= 11 is 0. The standard InChI is InChI=1S/C28H31N5O5/c1-28(2,3)38-27(35)32-16-25(34)31-15-18-8-7-9-19(12-18)21-13-23(33-26(30)22(21)14-29)20-10-5-6-11-24(20)37-17-36-4/h5-13H,15-17H2,1-4H3,(H2,30,33)(H,31,34)(H,32,35). The van der Waals surface area contributed by atoms with Gasteiger partial charge in [-0.25, -0.2) is 9.78 Å². The van der Waals surface area contributed by atoms with E-state index in [1.165, 1.54) is 7.11 Å². The summed E-state index contributed by atoms with van der Waals surface area (Å²) in [7, 11) is 1.53. The maximum Gasteiger partial charge on any atom is 0.408 e. The highest BCUT2D eigenvalue weighted by Gasteiger charge is 2.18. The first-order valence-corrected chi connectivity index (χ1v) is 11.9. The number of pyridine rings is 1. The van der Waals surface area contributed by atoms with Gasteiger partial charge in [-0.15, -0.1) is 0 Å². The number of hydrogen-bond donors (Lipinski definition) is 3. The van der Waals surface area contributed by atoms with E-state index in [0.717, 1.165) is 11.1 Å². The molecule has 10 nitrogen and oxygen atoms in total. The lowest BCUT2D eigenvalue weighted by atomic mass is 9.97. The van der Waals surface area contributed by atoms with Gasteiger partial charge >= 0.3 is 6.09 Å². The predicted octanol–water partition coefficient (Wildman–Crippen LogP) is 3.99. The van der Waals surface area contributed by atoms with Crippen molar-refractivity contribution in [3.8, 4) is 34.2 Å². The Morgan fingerprint density at radius 3 is 2.53 bits per heavy atom. The Morgan fingerprint density at radius 1 is 1.05 bits per heavy atom. The number of aromatic nitrogens is 1. The minimum absolute atomic E-state index is 0.0662. The first kappa shape index (κ1) is 28.0. The van der Waals surface area contributed by atoms with Crippen LogP contribution < -0.4 is 21.1 Å². The van der Waals surface area contributed by atoms with Crippen LogP contribution in [0.2, 0.25) is 0 Å². The molecule has 2 amide bonds. The van der Waals surface area contributed by atoms with Crippen LogP contribution in [0.25, 0.3) is 22.4 Å². The van der Waals surface area contributed by atoms with Crippen LogP contribution in [0.4, 0.5) is 10.6 Å². The van der Waals surface area contributed by atoms with Crippen molar-refractivity contribution in [3.05, 3.63) is 65.7 Å². The Bertz CT molecular complexity index is 1340. The lowest BCUT2D eigenvalue weighted by molar-refractivity contribution is -0.120. The monoisotopic (exact) mass is 517 g/mol. The van der Waals surface area contributed by atoms with Gasteiger partial charge in [-0.05, 0) is 56.2 Å². The number of benzene rings is 2. The third kappa shape index (κ3) is 7.69. The molecule has 2 aromatic carbocycles. The summed E-state index contributed by atoms with van der Waals surface area (Å²) in [5, 5.41) is 15.0. The van der Waals surface area contributed by atoms with Gasteiger partial charge in [-0.3, -0.25) is 4.79 Å². The predicted molar refractivity (Wildman–Crippen MR) is 143 cm³/mol. The highest BCUT2D eigenvalue weighted by atomic mass is 16.7. The lowest BCUT2D eigenvalue weighted by Gasteiger charge is -2.19. The van der Waals surface area contributed by atoms with Crippen LogP contribution in [0.15, 0.2) is 54.6 Å². The maximum absolute atomic E-state index is 12.2. The molecular formula is C28H31N5O5. The largest absolute Gasteiger partial charge is 0.467 e. The number of carbonyl (C=O) groups excluding carboxylic acids is 2. The van der Waals surface area contributed by atoms with Crippen molar-refractivity contribution in [3.63, 3.8) is 0 Å². The van der Waals surface area contributed by atoms with E-state index < -0.39 is 11.7 Å². The summed E-state index contributed by atoms with van der Waals surface area (Å²) in [6.07, 6.45) is -0.668. The molecule has 0 aliphatic heterocycles. The molecule has 0 aliphatic carbocycles. The van der Waals surface area contributed by atoms with Gasteiger partial charge in [-0.2, -0.15) is 5.26 Å². The van der Waals surface area contributed by atoms with E-state index in [1.807, 2.05) is 42.5 Å². The van der Waals surface area contributed by atoms with Gasteiger partial charge in [0.15, 0.2) is 6.79 Å². The van der Waals surface area contributed by atoms with Crippen LogP contribution in [0.5, 0.6) is 5.75 Å². The zero-order valence-electron chi connectivity index (χ0n) is 21.8.